The number of hydrogen-bond donors (Lipinski definition) is 0. The molecule has 1 aliphatic carbocycles. The molecule has 1 aliphatic rings. The third kappa shape index (κ3) is 3.09. The van der Waals surface area contributed by atoms with Gasteiger partial charge in [-0.05, 0) is 29.4 Å². The van der Waals surface area contributed by atoms with E-state index >= 15 is 0 Å². The minimum atomic E-state index is -4.66. The largest absolute Gasteiger partial charge is 0.453 e. The van der Waals surface area contributed by atoms with Crippen LogP contribution in [-0.4, -0.2) is 25.4 Å². The maximum atomic E-state index is 12.9. The Morgan fingerprint density at radius 3 is 2.48 bits per heavy atom. The Bertz CT molecular complexity index is 1020. The number of halogens is 3. The van der Waals surface area contributed by atoms with Gasteiger partial charge in [0.05, 0.1) is 11.3 Å². The molecule has 0 saturated carbocycles. The van der Waals surface area contributed by atoms with Crippen molar-refractivity contribution in [1.82, 2.24) is 19.6 Å². The van der Waals surface area contributed by atoms with E-state index in [1.807, 2.05) is 24.3 Å². The Balaban J connectivity index is 1.75. The minimum Gasteiger partial charge on any atom is -0.294 e. The predicted octanol–water partition coefficient (Wildman–Crippen LogP) is 4.18. The standard InChI is InChI=1S/C19H17F3N4O/c1-10(2)11-3-5-12(6-4-11)13-7-15-14(16(27)8-13)9-23-18-24-17(19(20,21)22)25-26(15)18/h3-6,9-10,13H,7-8H2,1-2H3. The van der Waals surface area contributed by atoms with E-state index in [0.29, 0.717) is 30.0 Å². The van der Waals surface area contributed by atoms with Gasteiger partial charge in [0.25, 0.3) is 11.6 Å². The van der Waals surface area contributed by atoms with Crippen molar-refractivity contribution in [1.29, 1.82) is 0 Å². The molecule has 2 aromatic heterocycles. The van der Waals surface area contributed by atoms with Gasteiger partial charge in [0.1, 0.15) is 0 Å². The summed E-state index contributed by atoms with van der Waals surface area (Å²) < 4.78 is 39.9. The molecule has 0 aliphatic heterocycles. The van der Waals surface area contributed by atoms with E-state index in [1.54, 1.807) is 0 Å². The number of ketones is 1. The molecular formula is C19H17F3N4O. The van der Waals surface area contributed by atoms with Crippen molar-refractivity contribution < 1.29 is 18.0 Å². The lowest BCUT2D eigenvalue weighted by atomic mass is 9.81. The zero-order chi connectivity index (χ0) is 19.3. The molecule has 0 amide bonds. The maximum Gasteiger partial charge on any atom is 0.453 e. The Kier molecular flexibility index (Phi) is 4.01. The number of carbonyl (C=O) groups excluding carboxylic acids is 1. The molecule has 0 saturated heterocycles. The van der Waals surface area contributed by atoms with E-state index in [-0.39, 0.29) is 17.5 Å². The van der Waals surface area contributed by atoms with E-state index in [2.05, 4.69) is 28.9 Å². The number of hydrogen-bond acceptors (Lipinski definition) is 4. The van der Waals surface area contributed by atoms with Crippen LogP contribution in [0.5, 0.6) is 0 Å². The van der Waals surface area contributed by atoms with Crippen LogP contribution in [0.25, 0.3) is 5.78 Å². The number of fused-ring (bicyclic) bond motifs is 3. The first-order chi connectivity index (χ1) is 12.7. The second kappa shape index (κ2) is 6.14. The average Bonchev–Trinajstić information content (AvgIpc) is 3.07. The molecule has 0 radical (unpaired) electrons. The number of rotatable bonds is 2. The fraction of sp³-hybridized carbons (Fsp3) is 0.368. The van der Waals surface area contributed by atoms with Crippen molar-refractivity contribution >= 4 is 11.6 Å². The molecule has 1 atom stereocenters. The van der Waals surface area contributed by atoms with E-state index < -0.39 is 12.0 Å². The van der Waals surface area contributed by atoms with Crippen LogP contribution in [0.1, 0.15) is 65.1 Å². The van der Waals surface area contributed by atoms with Crippen LogP contribution in [-0.2, 0) is 12.6 Å². The molecule has 0 N–H and O–H groups in total. The summed E-state index contributed by atoms with van der Waals surface area (Å²) in [4.78, 5) is 19.9. The van der Waals surface area contributed by atoms with Crippen molar-refractivity contribution in [3.8, 4) is 0 Å². The maximum absolute atomic E-state index is 12.9. The van der Waals surface area contributed by atoms with Crippen LogP contribution < -0.4 is 0 Å². The molecule has 2 heterocycles. The zero-order valence-electron chi connectivity index (χ0n) is 14.8. The van der Waals surface area contributed by atoms with Crippen molar-refractivity contribution in [2.24, 2.45) is 0 Å². The molecule has 0 bridgehead atoms. The Morgan fingerprint density at radius 2 is 1.85 bits per heavy atom. The molecule has 5 nitrogen and oxygen atoms in total. The fourth-order valence-corrected chi connectivity index (χ4v) is 3.46. The van der Waals surface area contributed by atoms with Crippen molar-refractivity contribution in [2.75, 3.05) is 0 Å². The molecule has 3 aromatic rings. The predicted molar refractivity (Wildman–Crippen MR) is 91.7 cm³/mol. The molecule has 4 rings (SSSR count). The van der Waals surface area contributed by atoms with Crippen LogP contribution in [0.15, 0.2) is 30.5 Å². The van der Waals surface area contributed by atoms with E-state index in [9.17, 15) is 18.0 Å². The fourth-order valence-electron chi connectivity index (χ4n) is 3.46. The summed E-state index contributed by atoms with van der Waals surface area (Å²) >= 11 is 0. The van der Waals surface area contributed by atoms with Gasteiger partial charge in [-0.1, -0.05) is 38.1 Å². The van der Waals surface area contributed by atoms with Gasteiger partial charge in [-0.3, -0.25) is 4.79 Å². The van der Waals surface area contributed by atoms with Gasteiger partial charge in [0.15, 0.2) is 5.78 Å². The van der Waals surface area contributed by atoms with Gasteiger partial charge in [-0.25, -0.2) is 9.50 Å². The first-order valence-corrected chi connectivity index (χ1v) is 8.69. The lowest BCUT2D eigenvalue weighted by molar-refractivity contribution is -0.144. The highest BCUT2D eigenvalue weighted by Crippen LogP contribution is 2.34. The van der Waals surface area contributed by atoms with Crippen molar-refractivity contribution in [3.05, 3.63) is 58.7 Å². The highest BCUT2D eigenvalue weighted by Gasteiger charge is 2.38. The third-order valence-corrected chi connectivity index (χ3v) is 4.97. The van der Waals surface area contributed by atoms with Gasteiger partial charge in [-0.2, -0.15) is 18.2 Å². The quantitative estimate of drug-likeness (QED) is 0.675. The number of nitrogens with zero attached hydrogens (tertiary/aromatic N) is 4. The number of aromatic nitrogens is 4. The summed E-state index contributed by atoms with van der Waals surface area (Å²) in [7, 11) is 0. The van der Waals surface area contributed by atoms with E-state index in [1.165, 1.54) is 11.8 Å². The second-order valence-corrected chi connectivity index (χ2v) is 7.11. The highest BCUT2D eigenvalue weighted by molar-refractivity contribution is 5.98. The number of Topliss-reactive ketones (excluding diaryl/α,β-unsaturated/α-hetero) is 1. The molecule has 1 aromatic carbocycles. The van der Waals surface area contributed by atoms with E-state index in [4.69, 9.17) is 0 Å². The minimum absolute atomic E-state index is 0.115. The van der Waals surface area contributed by atoms with Crippen LogP contribution >= 0.6 is 0 Å². The van der Waals surface area contributed by atoms with Crippen LogP contribution in [0.4, 0.5) is 13.2 Å². The highest BCUT2D eigenvalue weighted by atomic mass is 19.4. The molecule has 140 valence electrons. The molecule has 1 unspecified atom stereocenters. The van der Waals surface area contributed by atoms with Crippen LogP contribution in [0.2, 0.25) is 0 Å². The van der Waals surface area contributed by atoms with Gasteiger partial charge in [0, 0.05) is 12.6 Å². The van der Waals surface area contributed by atoms with E-state index in [0.717, 1.165) is 10.1 Å². The monoisotopic (exact) mass is 374 g/mol. The molecule has 0 spiro atoms. The van der Waals surface area contributed by atoms with Crippen LogP contribution in [0, 0.1) is 0 Å². The summed E-state index contributed by atoms with van der Waals surface area (Å²) in [5.74, 6) is -1.26. The number of alkyl halides is 3. The van der Waals surface area contributed by atoms with Crippen molar-refractivity contribution in [3.63, 3.8) is 0 Å². The smallest absolute Gasteiger partial charge is 0.294 e. The van der Waals surface area contributed by atoms with Crippen molar-refractivity contribution in [2.45, 2.75) is 44.7 Å². The number of benzene rings is 1. The van der Waals surface area contributed by atoms with Gasteiger partial charge >= 0.3 is 6.18 Å². The molecule has 27 heavy (non-hydrogen) atoms. The Morgan fingerprint density at radius 1 is 1.15 bits per heavy atom. The summed E-state index contributed by atoms with van der Waals surface area (Å²) in [6.45, 7) is 4.20. The summed E-state index contributed by atoms with van der Waals surface area (Å²) in [6, 6.07) is 8.02. The summed E-state index contributed by atoms with van der Waals surface area (Å²) in [6.07, 6.45) is -2.66. The first-order valence-electron chi connectivity index (χ1n) is 8.69. The zero-order valence-corrected chi connectivity index (χ0v) is 14.8. The third-order valence-electron chi connectivity index (χ3n) is 4.97. The normalized spacial score (nSPS) is 17.6. The number of carbonyl (C=O) groups is 1. The van der Waals surface area contributed by atoms with Gasteiger partial charge in [-0.15, -0.1) is 5.10 Å². The molecule has 0 fully saturated rings. The SMILES string of the molecule is CC(C)c1ccc(C2CC(=O)c3cnc4nc(C(F)(F)F)nn4c3C2)cc1. The molecular weight excluding hydrogens is 357 g/mol. The topological polar surface area (TPSA) is 60.2 Å². The summed E-state index contributed by atoms with van der Waals surface area (Å²) in [5.41, 5.74) is 2.92. The lowest BCUT2D eigenvalue weighted by Gasteiger charge is -2.24. The molecule has 8 heteroatoms. The average molecular weight is 374 g/mol. The Labute approximate surface area is 153 Å². The second-order valence-electron chi connectivity index (χ2n) is 7.11. The van der Waals surface area contributed by atoms with Gasteiger partial charge < -0.3 is 0 Å². The first kappa shape index (κ1) is 17.6. The Hall–Kier alpha value is -2.77. The van der Waals surface area contributed by atoms with Crippen LogP contribution in [0.3, 0.4) is 0 Å². The van der Waals surface area contributed by atoms with Gasteiger partial charge in [0.2, 0.25) is 0 Å². The summed E-state index contributed by atoms with van der Waals surface area (Å²) in [5, 5.41) is 3.56. The lowest BCUT2D eigenvalue weighted by Crippen LogP contribution is -2.22.